The number of nitrogens with one attached hydrogen (secondary N) is 1. The molecule has 0 saturated carbocycles. The number of nitro groups is 1. The third-order valence-electron chi connectivity index (χ3n) is 2.41. The zero-order valence-corrected chi connectivity index (χ0v) is 11.6. The SMILES string of the molecule is NCCCNC(=O)CCOc1ccc(Cl)cc1[N+](=O)[O-]. The van der Waals surface area contributed by atoms with E-state index in [1.54, 1.807) is 0 Å². The number of halogens is 1. The topological polar surface area (TPSA) is 107 Å². The van der Waals surface area contributed by atoms with Crippen molar-refractivity contribution in [1.29, 1.82) is 0 Å². The second-order valence-corrected chi connectivity index (χ2v) is 4.40. The molecule has 8 heteroatoms. The lowest BCUT2D eigenvalue weighted by molar-refractivity contribution is -0.385. The highest BCUT2D eigenvalue weighted by atomic mass is 35.5. The predicted molar refractivity (Wildman–Crippen MR) is 74.9 cm³/mol. The molecule has 1 amide bonds. The molecule has 0 aliphatic rings. The van der Waals surface area contributed by atoms with Gasteiger partial charge in [-0.15, -0.1) is 0 Å². The van der Waals surface area contributed by atoms with Crippen molar-refractivity contribution in [2.45, 2.75) is 12.8 Å². The first-order valence-corrected chi connectivity index (χ1v) is 6.46. The Hall–Kier alpha value is -1.86. The molecule has 0 aromatic heterocycles. The minimum Gasteiger partial charge on any atom is -0.486 e. The molecule has 0 atom stereocenters. The number of amides is 1. The van der Waals surface area contributed by atoms with E-state index in [0.717, 1.165) is 0 Å². The summed E-state index contributed by atoms with van der Waals surface area (Å²) in [4.78, 5) is 21.6. The molecule has 0 radical (unpaired) electrons. The minimum absolute atomic E-state index is 0.0525. The van der Waals surface area contributed by atoms with Crippen LogP contribution in [0.25, 0.3) is 0 Å². The van der Waals surface area contributed by atoms with E-state index >= 15 is 0 Å². The molecule has 0 spiro atoms. The van der Waals surface area contributed by atoms with E-state index in [1.807, 2.05) is 0 Å². The van der Waals surface area contributed by atoms with Crippen molar-refractivity contribution in [3.63, 3.8) is 0 Å². The summed E-state index contributed by atoms with van der Waals surface area (Å²) in [6, 6.07) is 4.11. The first-order chi connectivity index (χ1) is 9.54. The normalized spacial score (nSPS) is 10.1. The molecule has 0 heterocycles. The van der Waals surface area contributed by atoms with Crippen LogP contribution in [-0.4, -0.2) is 30.5 Å². The number of benzene rings is 1. The number of nitrogens with two attached hydrogens (primary N) is 1. The lowest BCUT2D eigenvalue weighted by Crippen LogP contribution is -2.27. The molecule has 1 aromatic rings. The number of hydrogen-bond donors (Lipinski definition) is 2. The lowest BCUT2D eigenvalue weighted by atomic mass is 10.3. The molecule has 110 valence electrons. The van der Waals surface area contributed by atoms with Crippen LogP contribution in [0.4, 0.5) is 5.69 Å². The van der Waals surface area contributed by atoms with Crippen LogP contribution >= 0.6 is 11.6 Å². The van der Waals surface area contributed by atoms with Crippen molar-refractivity contribution < 1.29 is 14.5 Å². The summed E-state index contributed by atoms with van der Waals surface area (Å²) < 4.78 is 5.24. The molecule has 3 N–H and O–H groups in total. The molecular weight excluding hydrogens is 286 g/mol. The fraction of sp³-hybridized carbons (Fsp3) is 0.417. The maximum Gasteiger partial charge on any atom is 0.312 e. The van der Waals surface area contributed by atoms with Crippen LogP contribution in [0.2, 0.25) is 5.02 Å². The molecule has 0 aliphatic carbocycles. The summed E-state index contributed by atoms with van der Waals surface area (Å²) in [5, 5.41) is 13.7. The fourth-order valence-corrected chi connectivity index (χ4v) is 1.59. The van der Waals surface area contributed by atoms with Crippen LogP contribution in [-0.2, 0) is 4.79 Å². The van der Waals surface area contributed by atoms with E-state index in [0.29, 0.717) is 19.5 Å². The van der Waals surface area contributed by atoms with Crippen LogP contribution in [0.1, 0.15) is 12.8 Å². The molecule has 0 unspecified atom stereocenters. The summed E-state index contributed by atoms with van der Waals surface area (Å²) in [5.41, 5.74) is 5.08. The zero-order chi connectivity index (χ0) is 15.0. The van der Waals surface area contributed by atoms with Crippen LogP contribution in [0.5, 0.6) is 5.75 Å². The van der Waals surface area contributed by atoms with Crippen LogP contribution in [0.15, 0.2) is 18.2 Å². The molecular formula is C12H16ClN3O4. The van der Waals surface area contributed by atoms with Gasteiger partial charge < -0.3 is 15.8 Å². The second kappa shape index (κ2) is 8.34. The molecule has 0 aliphatic heterocycles. The predicted octanol–water partition coefficient (Wildman–Crippen LogP) is 1.48. The largest absolute Gasteiger partial charge is 0.486 e. The molecule has 20 heavy (non-hydrogen) atoms. The summed E-state index contributed by atoms with van der Waals surface area (Å²) in [6.07, 6.45) is 0.819. The van der Waals surface area contributed by atoms with E-state index < -0.39 is 4.92 Å². The van der Waals surface area contributed by atoms with Gasteiger partial charge in [0.25, 0.3) is 0 Å². The summed E-state index contributed by atoms with van der Waals surface area (Å²) >= 11 is 5.68. The number of nitrogens with zero attached hydrogens (tertiary/aromatic N) is 1. The molecule has 1 aromatic carbocycles. The number of carbonyl (C=O) groups excluding carboxylic acids is 1. The molecule has 1 rings (SSSR count). The van der Waals surface area contributed by atoms with E-state index in [1.165, 1.54) is 18.2 Å². The van der Waals surface area contributed by atoms with Gasteiger partial charge in [-0.1, -0.05) is 11.6 Å². The second-order valence-electron chi connectivity index (χ2n) is 3.96. The van der Waals surface area contributed by atoms with Crippen molar-refractivity contribution in [2.24, 2.45) is 5.73 Å². The standard InChI is InChI=1S/C12H16ClN3O4/c13-9-2-3-11(10(8-9)16(18)19)20-7-4-12(17)15-6-1-5-14/h2-3,8H,1,4-7,14H2,(H,15,17). The highest BCUT2D eigenvalue weighted by molar-refractivity contribution is 6.30. The first kappa shape index (κ1) is 16.2. The van der Waals surface area contributed by atoms with Crippen molar-refractivity contribution in [3.05, 3.63) is 33.3 Å². The van der Waals surface area contributed by atoms with Crippen LogP contribution < -0.4 is 15.8 Å². The third-order valence-corrected chi connectivity index (χ3v) is 2.64. The van der Waals surface area contributed by atoms with Gasteiger partial charge in [0.1, 0.15) is 0 Å². The van der Waals surface area contributed by atoms with E-state index in [-0.39, 0.29) is 35.4 Å². The number of hydrogen-bond acceptors (Lipinski definition) is 5. The van der Waals surface area contributed by atoms with Crippen molar-refractivity contribution in [2.75, 3.05) is 19.7 Å². The van der Waals surface area contributed by atoms with Gasteiger partial charge in [0.2, 0.25) is 5.91 Å². The Morgan fingerprint density at radius 3 is 2.90 bits per heavy atom. The minimum atomic E-state index is -0.581. The Labute approximate surface area is 121 Å². The smallest absolute Gasteiger partial charge is 0.312 e. The molecule has 0 fully saturated rings. The first-order valence-electron chi connectivity index (χ1n) is 6.08. The van der Waals surface area contributed by atoms with Gasteiger partial charge in [-0.2, -0.15) is 0 Å². The third kappa shape index (κ3) is 5.41. The average Bonchev–Trinajstić information content (AvgIpc) is 2.40. The lowest BCUT2D eigenvalue weighted by Gasteiger charge is -2.07. The zero-order valence-electron chi connectivity index (χ0n) is 10.8. The van der Waals surface area contributed by atoms with Gasteiger partial charge in [0.15, 0.2) is 5.75 Å². The van der Waals surface area contributed by atoms with E-state index in [9.17, 15) is 14.9 Å². The van der Waals surface area contributed by atoms with Gasteiger partial charge in [0.05, 0.1) is 18.0 Å². The maximum absolute atomic E-state index is 11.4. The van der Waals surface area contributed by atoms with Gasteiger partial charge in [-0.05, 0) is 25.1 Å². The quantitative estimate of drug-likeness (QED) is 0.429. The number of ether oxygens (including phenoxy) is 1. The van der Waals surface area contributed by atoms with E-state index in [4.69, 9.17) is 22.1 Å². The number of rotatable bonds is 8. The molecule has 7 nitrogen and oxygen atoms in total. The van der Waals surface area contributed by atoms with Gasteiger partial charge in [-0.25, -0.2) is 0 Å². The Kier molecular flexibility index (Phi) is 6.75. The van der Waals surface area contributed by atoms with Gasteiger partial charge >= 0.3 is 5.69 Å². The highest BCUT2D eigenvalue weighted by Gasteiger charge is 2.15. The Balaban J connectivity index is 2.46. The number of carbonyl (C=O) groups is 1. The summed E-state index contributed by atoms with van der Waals surface area (Å²) in [7, 11) is 0. The Bertz CT molecular complexity index is 482. The Morgan fingerprint density at radius 2 is 2.25 bits per heavy atom. The monoisotopic (exact) mass is 301 g/mol. The molecule has 0 saturated heterocycles. The molecule has 0 bridgehead atoms. The fourth-order valence-electron chi connectivity index (χ4n) is 1.43. The van der Waals surface area contributed by atoms with Crippen molar-refractivity contribution in [3.8, 4) is 5.75 Å². The van der Waals surface area contributed by atoms with Crippen molar-refractivity contribution >= 4 is 23.2 Å². The average molecular weight is 302 g/mol. The number of nitro benzene ring substituents is 1. The van der Waals surface area contributed by atoms with E-state index in [2.05, 4.69) is 5.32 Å². The van der Waals surface area contributed by atoms with Gasteiger partial charge in [-0.3, -0.25) is 14.9 Å². The summed E-state index contributed by atoms with van der Waals surface area (Å²) in [6.45, 7) is 1.07. The van der Waals surface area contributed by atoms with Crippen molar-refractivity contribution in [1.82, 2.24) is 5.32 Å². The van der Waals surface area contributed by atoms with Crippen LogP contribution in [0, 0.1) is 10.1 Å². The van der Waals surface area contributed by atoms with Gasteiger partial charge in [0, 0.05) is 17.6 Å². The van der Waals surface area contributed by atoms with Crippen LogP contribution in [0.3, 0.4) is 0 Å². The highest BCUT2D eigenvalue weighted by Crippen LogP contribution is 2.29. The Morgan fingerprint density at radius 1 is 1.50 bits per heavy atom. The maximum atomic E-state index is 11.4. The summed E-state index contributed by atoms with van der Waals surface area (Å²) in [5.74, 6) is -0.0933.